The van der Waals surface area contributed by atoms with Gasteiger partial charge in [0.25, 0.3) is 0 Å². The van der Waals surface area contributed by atoms with Gasteiger partial charge in [-0.05, 0) is 40.8 Å². The third-order valence-corrected chi connectivity index (χ3v) is 4.10. The minimum absolute atomic E-state index is 0.0473. The monoisotopic (exact) mass is 264 g/mol. The van der Waals surface area contributed by atoms with Crippen LogP contribution >= 0.6 is 22.7 Å². The highest BCUT2D eigenvalue weighted by Crippen LogP contribution is 2.28. The summed E-state index contributed by atoms with van der Waals surface area (Å²) in [4.78, 5) is 24.3. The molecule has 2 nitrogen and oxygen atoms in total. The Morgan fingerprint density at radius 1 is 1.29 bits per heavy atom. The van der Waals surface area contributed by atoms with Gasteiger partial charge in [-0.25, -0.2) is 0 Å². The number of hydrogen-bond acceptors (Lipinski definition) is 4. The highest BCUT2D eigenvalue weighted by molar-refractivity contribution is 7.12. The lowest BCUT2D eigenvalue weighted by Crippen LogP contribution is -2.14. The minimum Gasteiger partial charge on any atom is -0.300 e. The molecule has 17 heavy (non-hydrogen) atoms. The lowest BCUT2D eigenvalue weighted by Gasteiger charge is -2.11. The van der Waals surface area contributed by atoms with Gasteiger partial charge in [-0.1, -0.05) is 6.07 Å². The van der Waals surface area contributed by atoms with Crippen LogP contribution in [0.3, 0.4) is 0 Å². The van der Waals surface area contributed by atoms with Gasteiger partial charge in [0.15, 0.2) is 5.78 Å². The molecule has 0 N–H and O–H groups in total. The van der Waals surface area contributed by atoms with E-state index >= 15 is 0 Å². The maximum atomic E-state index is 12.3. The van der Waals surface area contributed by atoms with Gasteiger partial charge in [0.2, 0.25) is 0 Å². The molecule has 2 rings (SSSR count). The van der Waals surface area contributed by atoms with E-state index in [0.717, 1.165) is 10.4 Å². The van der Waals surface area contributed by atoms with Crippen LogP contribution in [0.5, 0.6) is 0 Å². The molecule has 1 atom stereocenters. The topological polar surface area (TPSA) is 34.1 Å². The standard InChI is InChI=1S/C13H12O2S2/c1-9(14)7-11(10-4-6-16-8-10)13(15)12-3-2-5-17-12/h2-6,8,11H,7H2,1H3. The van der Waals surface area contributed by atoms with E-state index < -0.39 is 0 Å². The average molecular weight is 264 g/mol. The number of thiophene rings is 2. The predicted octanol–water partition coefficient (Wildman–Crippen LogP) is 3.76. The SMILES string of the molecule is CC(=O)CC(C(=O)c1cccs1)c1ccsc1. The number of rotatable bonds is 5. The van der Waals surface area contributed by atoms with Crippen LogP contribution in [0.15, 0.2) is 34.3 Å². The van der Waals surface area contributed by atoms with E-state index in [4.69, 9.17) is 0 Å². The van der Waals surface area contributed by atoms with Crippen molar-refractivity contribution in [2.75, 3.05) is 0 Å². The Hall–Kier alpha value is -1.26. The van der Waals surface area contributed by atoms with Crippen molar-refractivity contribution in [1.29, 1.82) is 0 Å². The molecule has 0 saturated heterocycles. The quantitative estimate of drug-likeness (QED) is 0.771. The molecule has 0 radical (unpaired) electrons. The van der Waals surface area contributed by atoms with Crippen molar-refractivity contribution in [1.82, 2.24) is 0 Å². The van der Waals surface area contributed by atoms with Crippen molar-refractivity contribution in [3.8, 4) is 0 Å². The molecule has 4 heteroatoms. The third-order valence-electron chi connectivity index (χ3n) is 2.52. The highest BCUT2D eigenvalue weighted by atomic mass is 32.1. The van der Waals surface area contributed by atoms with Crippen molar-refractivity contribution in [3.63, 3.8) is 0 Å². The first-order valence-corrected chi connectivity index (χ1v) is 7.10. The van der Waals surface area contributed by atoms with E-state index in [2.05, 4.69) is 0 Å². The summed E-state index contributed by atoms with van der Waals surface area (Å²) in [5, 5.41) is 5.76. The Kier molecular flexibility index (Phi) is 3.86. The van der Waals surface area contributed by atoms with Crippen LogP contribution in [0, 0.1) is 0 Å². The summed E-state index contributed by atoms with van der Waals surface area (Å²) >= 11 is 2.98. The Balaban J connectivity index is 2.28. The zero-order valence-electron chi connectivity index (χ0n) is 9.38. The van der Waals surface area contributed by atoms with E-state index in [0.29, 0.717) is 0 Å². The van der Waals surface area contributed by atoms with Gasteiger partial charge < -0.3 is 0 Å². The fourth-order valence-corrected chi connectivity index (χ4v) is 3.15. The first kappa shape index (κ1) is 12.2. The molecule has 88 valence electrons. The summed E-state index contributed by atoms with van der Waals surface area (Å²) in [6.45, 7) is 1.53. The van der Waals surface area contributed by atoms with E-state index in [-0.39, 0.29) is 23.9 Å². The average Bonchev–Trinajstić information content (AvgIpc) is 2.96. The zero-order valence-corrected chi connectivity index (χ0v) is 11.0. The van der Waals surface area contributed by atoms with Crippen LogP contribution in [0.1, 0.15) is 34.5 Å². The summed E-state index contributed by atoms with van der Waals surface area (Å²) in [7, 11) is 0. The van der Waals surface area contributed by atoms with Crippen LogP contribution in [0.25, 0.3) is 0 Å². The van der Waals surface area contributed by atoms with E-state index in [9.17, 15) is 9.59 Å². The lowest BCUT2D eigenvalue weighted by atomic mass is 9.91. The van der Waals surface area contributed by atoms with Crippen LogP contribution in [-0.4, -0.2) is 11.6 Å². The fraction of sp³-hybridized carbons (Fsp3) is 0.231. The highest BCUT2D eigenvalue weighted by Gasteiger charge is 2.24. The largest absolute Gasteiger partial charge is 0.300 e. The summed E-state index contributed by atoms with van der Waals surface area (Å²) < 4.78 is 0. The molecule has 0 saturated carbocycles. The molecular formula is C13H12O2S2. The van der Waals surface area contributed by atoms with Crippen LogP contribution in [-0.2, 0) is 4.79 Å². The number of carbonyl (C=O) groups is 2. The Labute approximate surface area is 108 Å². The van der Waals surface area contributed by atoms with Crippen molar-refractivity contribution in [2.24, 2.45) is 0 Å². The Bertz CT molecular complexity index is 498. The van der Waals surface area contributed by atoms with Crippen molar-refractivity contribution >= 4 is 34.2 Å². The van der Waals surface area contributed by atoms with Gasteiger partial charge in [-0.15, -0.1) is 11.3 Å². The number of ketones is 2. The minimum atomic E-state index is -0.322. The molecule has 2 heterocycles. The van der Waals surface area contributed by atoms with Gasteiger partial charge in [0.05, 0.1) is 10.8 Å². The van der Waals surface area contributed by atoms with Crippen molar-refractivity contribution < 1.29 is 9.59 Å². The maximum absolute atomic E-state index is 12.3. The van der Waals surface area contributed by atoms with E-state index in [1.54, 1.807) is 11.3 Å². The zero-order chi connectivity index (χ0) is 12.3. The van der Waals surface area contributed by atoms with Gasteiger partial charge in [0, 0.05) is 6.42 Å². The second-order valence-electron chi connectivity index (χ2n) is 3.86. The van der Waals surface area contributed by atoms with Gasteiger partial charge in [-0.2, -0.15) is 11.3 Å². The number of Topliss-reactive ketones (excluding diaryl/α,β-unsaturated/α-hetero) is 2. The molecule has 0 amide bonds. The van der Waals surface area contributed by atoms with E-state index in [1.807, 2.05) is 34.3 Å². The van der Waals surface area contributed by atoms with Gasteiger partial charge in [-0.3, -0.25) is 9.59 Å². The normalized spacial score (nSPS) is 12.3. The molecule has 1 unspecified atom stereocenters. The molecule has 0 aromatic carbocycles. The molecular weight excluding hydrogens is 252 g/mol. The first-order valence-electron chi connectivity index (χ1n) is 5.27. The molecule has 0 bridgehead atoms. The second-order valence-corrected chi connectivity index (χ2v) is 5.58. The fourth-order valence-electron chi connectivity index (χ4n) is 1.71. The summed E-state index contributed by atoms with van der Waals surface area (Å²) in [5.74, 6) is -0.225. The van der Waals surface area contributed by atoms with Crippen molar-refractivity contribution in [2.45, 2.75) is 19.3 Å². The smallest absolute Gasteiger partial charge is 0.180 e. The van der Waals surface area contributed by atoms with Gasteiger partial charge >= 0.3 is 0 Å². The molecule has 0 aliphatic rings. The third kappa shape index (κ3) is 2.90. The molecule has 0 aliphatic carbocycles. The number of carbonyl (C=O) groups excluding carboxylic acids is 2. The van der Waals surface area contributed by atoms with Gasteiger partial charge in [0.1, 0.15) is 5.78 Å². The van der Waals surface area contributed by atoms with Crippen LogP contribution < -0.4 is 0 Å². The first-order chi connectivity index (χ1) is 8.18. The molecule has 2 aromatic rings. The van der Waals surface area contributed by atoms with Crippen molar-refractivity contribution in [3.05, 3.63) is 44.8 Å². The summed E-state index contributed by atoms with van der Waals surface area (Å²) in [6, 6.07) is 5.59. The maximum Gasteiger partial charge on any atom is 0.180 e. The Morgan fingerprint density at radius 3 is 2.65 bits per heavy atom. The lowest BCUT2D eigenvalue weighted by molar-refractivity contribution is -0.117. The molecule has 0 fully saturated rings. The second kappa shape index (κ2) is 5.38. The van der Waals surface area contributed by atoms with E-state index in [1.165, 1.54) is 18.3 Å². The molecule has 0 aliphatic heterocycles. The predicted molar refractivity (Wildman–Crippen MR) is 71.0 cm³/mol. The summed E-state index contributed by atoms with van der Waals surface area (Å²) in [5.41, 5.74) is 0.948. The van der Waals surface area contributed by atoms with Crippen LogP contribution in [0.2, 0.25) is 0 Å². The molecule has 2 aromatic heterocycles. The van der Waals surface area contributed by atoms with Crippen LogP contribution in [0.4, 0.5) is 0 Å². The number of hydrogen-bond donors (Lipinski definition) is 0. The summed E-state index contributed by atoms with van der Waals surface area (Å²) in [6.07, 6.45) is 0.285. The Morgan fingerprint density at radius 2 is 2.12 bits per heavy atom. The molecule has 0 spiro atoms.